The van der Waals surface area contributed by atoms with Crippen LogP contribution in [0.1, 0.15) is 47.4 Å². The molecule has 1 N–H and O–H groups in total. The van der Waals surface area contributed by atoms with Crippen LogP contribution in [0.4, 0.5) is 0 Å². The minimum absolute atomic E-state index is 0.0638. The molecule has 3 aromatic rings. The summed E-state index contributed by atoms with van der Waals surface area (Å²) >= 11 is 0. The predicted octanol–water partition coefficient (Wildman–Crippen LogP) is 5.12. The van der Waals surface area contributed by atoms with Gasteiger partial charge in [-0.2, -0.15) is 0 Å². The molecule has 0 radical (unpaired) electrons. The fourth-order valence-corrected chi connectivity index (χ4v) is 4.29. The number of nitrogens with zero attached hydrogens (tertiary/aromatic N) is 1. The van der Waals surface area contributed by atoms with Crippen LogP contribution in [-0.2, 0) is 17.9 Å². The first-order valence-corrected chi connectivity index (χ1v) is 10.9. The summed E-state index contributed by atoms with van der Waals surface area (Å²) in [6.45, 7) is 3.97. The van der Waals surface area contributed by atoms with E-state index in [9.17, 15) is 4.79 Å². The van der Waals surface area contributed by atoms with Gasteiger partial charge in [-0.05, 0) is 48.2 Å². The Morgan fingerprint density at radius 1 is 0.800 bits per heavy atom. The monoisotopic (exact) mass is 398 g/mol. The van der Waals surface area contributed by atoms with Gasteiger partial charge in [-0.25, -0.2) is 0 Å². The Labute approximate surface area is 179 Å². The number of benzene rings is 3. The molecule has 0 unspecified atom stereocenters. The van der Waals surface area contributed by atoms with Gasteiger partial charge in [0.2, 0.25) is 5.91 Å². The van der Waals surface area contributed by atoms with Crippen molar-refractivity contribution in [3.05, 3.63) is 107 Å². The smallest absolute Gasteiger partial charge is 0.221 e. The lowest BCUT2D eigenvalue weighted by atomic mass is 9.88. The average Bonchev–Trinajstić information content (AvgIpc) is 3.30. The Morgan fingerprint density at radius 2 is 1.40 bits per heavy atom. The van der Waals surface area contributed by atoms with Crippen LogP contribution in [0.2, 0.25) is 0 Å². The van der Waals surface area contributed by atoms with Crippen LogP contribution in [0.3, 0.4) is 0 Å². The van der Waals surface area contributed by atoms with E-state index in [-0.39, 0.29) is 11.8 Å². The maximum absolute atomic E-state index is 12.8. The van der Waals surface area contributed by atoms with Crippen molar-refractivity contribution in [2.45, 2.75) is 38.3 Å². The zero-order valence-corrected chi connectivity index (χ0v) is 17.5. The molecule has 0 atom stereocenters. The van der Waals surface area contributed by atoms with E-state index in [0.717, 1.165) is 12.1 Å². The van der Waals surface area contributed by atoms with Crippen LogP contribution in [0.5, 0.6) is 0 Å². The fourth-order valence-electron chi connectivity index (χ4n) is 4.29. The molecule has 30 heavy (non-hydrogen) atoms. The molecule has 0 saturated carbocycles. The standard InChI is InChI=1S/C27H30N2O/c30-27(19-26(24-12-3-1-4-13-24)25-14-5-2-6-15-25)28-20-22-10-9-11-23(18-22)21-29-16-7-8-17-29/h1-6,9-15,18,26H,7-8,16-17,19-21H2,(H,28,30). The van der Waals surface area contributed by atoms with Crippen molar-refractivity contribution in [1.82, 2.24) is 10.2 Å². The van der Waals surface area contributed by atoms with Crippen LogP contribution in [0.15, 0.2) is 84.9 Å². The molecule has 3 nitrogen and oxygen atoms in total. The highest BCUT2D eigenvalue weighted by atomic mass is 16.1. The lowest BCUT2D eigenvalue weighted by Gasteiger charge is -2.18. The van der Waals surface area contributed by atoms with Crippen LogP contribution in [0, 0.1) is 0 Å². The molecule has 0 aromatic heterocycles. The van der Waals surface area contributed by atoms with Crippen molar-refractivity contribution in [2.24, 2.45) is 0 Å². The molecule has 1 heterocycles. The summed E-state index contributed by atoms with van der Waals surface area (Å²) in [4.78, 5) is 15.3. The summed E-state index contributed by atoms with van der Waals surface area (Å²) in [5, 5.41) is 3.14. The van der Waals surface area contributed by atoms with E-state index in [1.807, 2.05) is 36.4 Å². The van der Waals surface area contributed by atoms with Crippen LogP contribution in [-0.4, -0.2) is 23.9 Å². The number of likely N-dealkylation sites (tertiary alicyclic amines) is 1. The van der Waals surface area contributed by atoms with E-state index in [1.54, 1.807) is 0 Å². The van der Waals surface area contributed by atoms with E-state index in [1.165, 1.54) is 42.6 Å². The van der Waals surface area contributed by atoms with Crippen LogP contribution >= 0.6 is 0 Å². The number of carbonyl (C=O) groups excluding carboxylic acids is 1. The molecule has 3 aromatic carbocycles. The molecule has 3 heteroatoms. The van der Waals surface area contributed by atoms with Gasteiger partial charge in [0.25, 0.3) is 0 Å². The van der Waals surface area contributed by atoms with Crippen molar-refractivity contribution < 1.29 is 4.79 Å². The fraction of sp³-hybridized carbons (Fsp3) is 0.296. The third-order valence-electron chi connectivity index (χ3n) is 5.88. The van der Waals surface area contributed by atoms with E-state index >= 15 is 0 Å². The van der Waals surface area contributed by atoms with E-state index < -0.39 is 0 Å². The molecule has 1 saturated heterocycles. The predicted molar refractivity (Wildman–Crippen MR) is 122 cm³/mol. The van der Waals surface area contributed by atoms with Crippen molar-refractivity contribution in [2.75, 3.05) is 13.1 Å². The molecule has 1 fully saturated rings. The molecule has 1 aliphatic heterocycles. The second-order valence-corrected chi connectivity index (χ2v) is 8.16. The number of carbonyl (C=O) groups is 1. The van der Waals surface area contributed by atoms with Crippen LogP contribution in [0.25, 0.3) is 0 Å². The van der Waals surface area contributed by atoms with Crippen LogP contribution < -0.4 is 5.32 Å². The van der Waals surface area contributed by atoms with Gasteiger partial charge in [0.15, 0.2) is 0 Å². The van der Waals surface area contributed by atoms with Gasteiger partial charge in [-0.1, -0.05) is 84.9 Å². The second kappa shape index (κ2) is 10.2. The van der Waals surface area contributed by atoms with E-state index in [2.05, 4.69) is 58.7 Å². The summed E-state index contributed by atoms with van der Waals surface area (Å²) in [5.74, 6) is 0.145. The van der Waals surface area contributed by atoms with Gasteiger partial charge in [0.05, 0.1) is 0 Å². The second-order valence-electron chi connectivity index (χ2n) is 8.16. The summed E-state index contributed by atoms with van der Waals surface area (Å²) in [5.41, 5.74) is 4.84. The first-order valence-electron chi connectivity index (χ1n) is 10.9. The van der Waals surface area contributed by atoms with Gasteiger partial charge in [-0.3, -0.25) is 9.69 Å². The molecule has 0 spiro atoms. The zero-order chi connectivity index (χ0) is 20.6. The lowest BCUT2D eigenvalue weighted by molar-refractivity contribution is -0.121. The molecule has 0 bridgehead atoms. The highest BCUT2D eigenvalue weighted by molar-refractivity contribution is 5.77. The van der Waals surface area contributed by atoms with E-state index in [0.29, 0.717) is 13.0 Å². The highest BCUT2D eigenvalue weighted by Crippen LogP contribution is 2.27. The average molecular weight is 399 g/mol. The summed E-state index contributed by atoms with van der Waals surface area (Å²) in [6, 6.07) is 29.2. The Kier molecular flexibility index (Phi) is 6.94. The van der Waals surface area contributed by atoms with Crippen molar-refractivity contribution in [3.8, 4) is 0 Å². The Bertz CT molecular complexity index is 894. The van der Waals surface area contributed by atoms with Gasteiger partial charge in [0, 0.05) is 25.4 Å². The van der Waals surface area contributed by atoms with Gasteiger partial charge in [-0.15, -0.1) is 0 Å². The van der Waals surface area contributed by atoms with Gasteiger partial charge < -0.3 is 5.32 Å². The minimum atomic E-state index is 0.0638. The maximum Gasteiger partial charge on any atom is 0.221 e. The first-order chi connectivity index (χ1) is 14.8. The third kappa shape index (κ3) is 5.58. The highest BCUT2D eigenvalue weighted by Gasteiger charge is 2.18. The lowest BCUT2D eigenvalue weighted by Crippen LogP contribution is -2.25. The number of nitrogens with one attached hydrogen (secondary N) is 1. The quantitative estimate of drug-likeness (QED) is 0.571. The molecular formula is C27H30N2O. The molecule has 0 aliphatic carbocycles. The zero-order valence-electron chi connectivity index (χ0n) is 17.5. The Hall–Kier alpha value is -2.91. The summed E-state index contributed by atoms with van der Waals surface area (Å²) < 4.78 is 0. The van der Waals surface area contributed by atoms with Gasteiger partial charge >= 0.3 is 0 Å². The molecule has 4 rings (SSSR count). The Balaban J connectivity index is 1.38. The van der Waals surface area contributed by atoms with Crippen molar-refractivity contribution in [3.63, 3.8) is 0 Å². The number of hydrogen-bond donors (Lipinski definition) is 1. The van der Waals surface area contributed by atoms with Gasteiger partial charge in [0.1, 0.15) is 0 Å². The molecule has 1 aliphatic rings. The largest absolute Gasteiger partial charge is 0.352 e. The van der Waals surface area contributed by atoms with E-state index in [4.69, 9.17) is 0 Å². The van der Waals surface area contributed by atoms with Crippen molar-refractivity contribution in [1.29, 1.82) is 0 Å². The third-order valence-corrected chi connectivity index (χ3v) is 5.88. The normalized spacial score (nSPS) is 14.2. The molecular weight excluding hydrogens is 368 g/mol. The topological polar surface area (TPSA) is 32.3 Å². The summed E-state index contributed by atoms with van der Waals surface area (Å²) in [7, 11) is 0. The maximum atomic E-state index is 12.8. The first kappa shape index (κ1) is 20.4. The molecule has 154 valence electrons. The Morgan fingerprint density at radius 3 is 2.03 bits per heavy atom. The van der Waals surface area contributed by atoms with Crippen molar-refractivity contribution >= 4 is 5.91 Å². The minimum Gasteiger partial charge on any atom is -0.352 e. The SMILES string of the molecule is O=C(CC(c1ccccc1)c1ccccc1)NCc1cccc(CN2CCCC2)c1. The summed E-state index contributed by atoms with van der Waals surface area (Å²) in [6.07, 6.45) is 3.06. The number of hydrogen-bond acceptors (Lipinski definition) is 2. The number of amides is 1. The molecule has 1 amide bonds. The number of rotatable bonds is 8.